The van der Waals surface area contributed by atoms with Crippen molar-refractivity contribution >= 4 is 22.6 Å². The van der Waals surface area contributed by atoms with Gasteiger partial charge in [-0.05, 0) is 42.3 Å². The summed E-state index contributed by atoms with van der Waals surface area (Å²) in [6.07, 6.45) is 1.40. The first-order valence-corrected chi connectivity index (χ1v) is 10.9. The fourth-order valence-corrected chi connectivity index (χ4v) is 4.15. The first kappa shape index (κ1) is 22.9. The van der Waals surface area contributed by atoms with Gasteiger partial charge in [0.2, 0.25) is 0 Å². The van der Waals surface area contributed by atoms with E-state index in [2.05, 4.69) is 5.32 Å². The number of halogens is 2. The van der Waals surface area contributed by atoms with Gasteiger partial charge >= 0.3 is 5.63 Å². The molecular formula is C25H26F2N2O4. The van der Waals surface area contributed by atoms with Crippen molar-refractivity contribution in [2.75, 3.05) is 25.5 Å². The molecule has 1 aromatic heterocycles. The minimum atomic E-state index is -2.63. The van der Waals surface area contributed by atoms with Gasteiger partial charge in [0, 0.05) is 36.1 Å². The molecule has 3 aromatic rings. The lowest BCUT2D eigenvalue weighted by Crippen LogP contribution is -2.24. The Morgan fingerprint density at radius 3 is 2.61 bits per heavy atom. The molecule has 1 amide bonds. The number of benzene rings is 2. The molecule has 1 fully saturated rings. The molecule has 2 heterocycles. The average Bonchev–Trinajstić information content (AvgIpc) is 3.13. The van der Waals surface area contributed by atoms with E-state index in [0.717, 1.165) is 17.5 Å². The van der Waals surface area contributed by atoms with E-state index in [0.29, 0.717) is 41.9 Å². The zero-order chi connectivity index (χ0) is 23.6. The SMILES string of the molecule is CCCc1c(OC)ccc2cc(C(=O)Nc3ccc(CN4CCC(F)(F)C4)cc3)c(=O)oc12. The van der Waals surface area contributed by atoms with Crippen molar-refractivity contribution in [1.82, 2.24) is 4.90 Å². The van der Waals surface area contributed by atoms with Crippen LogP contribution in [0.4, 0.5) is 14.5 Å². The molecule has 0 atom stereocenters. The maximum atomic E-state index is 13.4. The Kier molecular flexibility index (Phi) is 6.47. The topological polar surface area (TPSA) is 71.8 Å². The number of methoxy groups -OCH3 is 1. The van der Waals surface area contributed by atoms with Crippen molar-refractivity contribution < 1.29 is 22.7 Å². The molecule has 2 aromatic carbocycles. The summed E-state index contributed by atoms with van der Waals surface area (Å²) in [5, 5.41) is 3.34. The molecule has 0 spiro atoms. The number of hydrogen-bond donors (Lipinski definition) is 1. The fraction of sp³-hybridized carbons (Fsp3) is 0.360. The van der Waals surface area contributed by atoms with Crippen LogP contribution < -0.4 is 15.7 Å². The van der Waals surface area contributed by atoms with Crippen LogP contribution in [0.25, 0.3) is 11.0 Å². The molecule has 0 radical (unpaired) electrons. The Morgan fingerprint density at radius 2 is 1.97 bits per heavy atom. The third kappa shape index (κ3) is 5.06. The minimum absolute atomic E-state index is 0.0986. The smallest absolute Gasteiger partial charge is 0.349 e. The van der Waals surface area contributed by atoms with Crippen molar-refractivity contribution in [2.45, 2.75) is 38.7 Å². The standard InChI is InChI=1S/C25H26F2N2O4/c1-3-4-19-21(32-2)10-7-17-13-20(24(31)33-22(17)19)23(30)28-18-8-5-16(6-9-18)14-29-12-11-25(26,27)15-29/h5-10,13H,3-4,11-12,14-15H2,1-2H3,(H,28,30). The van der Waals surface area contributed by atoms with E-state index < -0.39 is 17.5 Å². The van der Waals surface area contributed by atoms with Crippen LogP contribution in [0, 0.1) is 0 Å². The average molecular weight is 456 g/mol. The van der Waals surface area contributed by atoms with Crippen molar-refractivity contribution in [1.29, 1.82) is 0 Å². The molecule has 174 valence electrons. The van der Waals surface area contributed by atoms with E-state index in [4.69, 9.17) is 9.15 Å². The first-order chi connectivity index (χ1) is 15.8. The summed E-state index contributed by atoms with van der Waals surface area (Å²) >= 11 is 0. The Bertz CT molecular complexity index is 1220. The Hall–Kier alpha value is -3.26. The second-order valence-electron chi connectivity index (χ2n) is 8.33. The third-order valence-electron chi connectivity index (χ3n) is 5.79. The maximum Gasteiger partial charge on any atom is 0.349 e. The maximum absolute atomic E-state index is 13.4. The monoisotopic (exact) mass is 456 g/mol. The van der Waals surface area contributed by atoms with Crippen LogP contribution >= 0.6 is 0 Å². The largest absolute Gasteiger partial charge is 0.496 e. The van der Waals surface area contributed by atoms with Gasteiger partial charge in [-0.25, -0.2) is 13.6 Å². The van der Waals surface area contributed by atoms with Gasteiger partial charge in [0.25, 0.3) is 11.8 Å². The van der Waals surface area contributed by atoms with Crippen LogP contribution in [0.15, 0.2) is 51.7 Å². The number of carbonyl (C=O) groups is 1. The van der Waals surface area contributed by atoms with E-state index in [-0.39, 0.29) is 18.5 Å². The normalized spacial score (nSPS) is 15.6. The predicted octanol–water partition coefficient (Wildman–Crippen LogP) is 4.85. The van der Waals surface area contributed by atoms with Crippen LogP contribution in [0.1, 0.15) is 41.3 Å². The van der Waals surface area contributed by atoms with Crippen molar-refractivity contribution in [3.63, 3.8) is 0 Å². The number of fused-ring (bicyclic) bond motifs is 1. The summed E-state index contributed by atoms with van der Waals surface area (Å²) in [5.41, 5.74) is 1.77. The molecule has 0 saturated carbocycles. The molecule has 0 aliphatic carbocycles. The van der Waals surface area contributed by atoms with E-state index in [1.165, 1.54) is 6.07 Å². The van der Waals surface area contributed by atoms with E-state index >= 15 is 0 Å². The van der Waals surface area contributed by atoms with Gasteiger partial charge in [0.15, 0.2) is 0 Å². The Balaban J connectivity index is 1.50. The number of aryl methyl sites for hydroxylation is 1. The zero-order valence-electron chi connectivity index (χ0n) is 18.6. The number of nitrogens with one attached hydrogen (secondary N) is 1. The lowest BCUT2D eigenvalue weighted by Gasteiger charge is -2.15. The molecule has 0 unspecified atom stereocenters. The van der Waals surface area contributed by atoms with Gasteiger partial charge in [0.1, 0.15) is 16.9 Å². The molecule has 1 aliphatic heterocycles. The molecular weight excluding hydrogens is 430 g/mol. The van der Waals surface area contributed by atoms with Crippen LogP contribution in [-0.2, 0) is 13.0 Å². The van der Waals surface area contributed by atoms with Crippen LogP contribution in [0.3, 0.4) is 0 Å². The summed E-state index contributed by atoms with van der Waals surface area (Å²) in [6, 6.07) is 12.0. The van der Waals surface area contributed by atoms with Crippen molar-refractivity contribution in [3.05, 3.63) is 69.6 Å². The zero-order valence-corrected chi connectivity index (χ0v) is 18.6. The van der Waals surface area contributed by atoms with Crippen molar-refractivity contribution in [3.8, 4) is 5.75 Å². The summed E-state index contributed by atoms with van der Waals surface area (Å²) in [5.74, 6) is -2.56. The number of anilines is 1. The molecule has 8 heteroatoms. The first-order valence-electron chi connectivity index (χ1n) is 10.9. The number of alkyl halides is 2. The van der Waals surface area contributed by atoms with Crippen LogP contribution in [0.5, 0.6) is 5.75 Å². The highest BCUT2D eigenvalue weighted by molar-refractivity contribution is 6.05. The molecule has 0 bridgehead atoms. The lowest BCUT2D eigenvalue weighted by atomic mass is 10.0. The minimum Gasteiger partial charge on any atom is -0.496 e. The summed E-state index contributed by atoms with van der Waals surface area (Å²) in [4.78, 5) is 27.0. The van der Waals surface area contributed by atoms with Crippen molar-refractivity contribution in [2.24, 2.45) is 0 Å². The van der Waals surface area contributed by atoms with Gasteiger partial charge in [-0.3, -0.25) is 9.69 Å². The summed E-state index contributed by atoms with van der Waals surface area (Å²) in [6.45, 7) is 2.55. The quantitative estimate of drug-likeness (QED) is 0.515. The number of nitrogens with zero attached hydrogens (tertiary/aromatic N) is 1. The molecule has 33 heavy (non-hydrogen) atoms. The van der Waals surface area contributed by atoms with Gasteiger partial charge < -0.3 is 14.5 Å². The van der Waals surface area contributed by atoms with Crippen LogP contribution in [-0.4, -0.2) is 36.9 Å². The number of amides is 1. The molecule has 6 nitrogen and oxygen atoms in total. The summed E-state index contributed by atoms with van der Waals surface area (Å²) < 4.78 is 37.6. The third-order valence-corrected chi connectivity index (χ3v) is 5.79. The summed E-state index contributed by atoms with van der Waals surface area (Å²) in [7, 11) is 1.56. The predicted molar refractivity (Wildman–Crippen MR) is 122 cm³/mol. The van der Waals surface area contributed by atoms with Gasteiger partial charge in [0.05, 0.1) is 13.7 Å². The highest BCUT2D eigenvalue weighted by Gasteiger charge is 2.37. The highest BCUT2D eigenvalue weighted by Crippen LogP contribution is 2.30. The molecule has 1 N–H and O–H groups in total. The second kappa shape index (κ2) is 9.31. The second-order valence-corrected chi connectivity index (χ2v) is 8.33. The highest BCUT2D eigenvalue weighted by atomic mass is 19.3. The number of rotatable bonds is 7. The number of likely N-dealkylation sites (tertiary alicyclic amines) is 1. The molecule has 1 saturated heterocycles. The van der Waals surface area contributed by atoms with E-state index in [1.807, 2.05) is 6.92 Å². The Labute approximate surface area is 190 Å². The number of carbonyl (C=O) groups excluding carboxylic acids is 1. The van der Waals surface area contributed by atoms with Gasteiger partial charge in [-0.1, -0.05) is 25.5 Å². The van der Waals surface area contributed by atoms with Gasteiger partial charge in [-0.2, -0.15) is 0 Å². The van der Waals surface area contributed by atoms with E-state index in [9.17, 15) is 18.4 Å². The lowest BCUT2D eigenvalue weighted by molar-refractivity contribution is 0.0115. The molecule has 4 rings (SSSR count). The Morgan fingerprint density at radius 1 is 1.21 bits per heavy atom. The van der Waals surface area contributed by atoms with Crippen LogP contribution in [0.2, 0.25) is 0 Å². The number of ether oxygens (including phenoxy) is 1. The molecule has 1 aliphatic rings. The van der Waals surface area contributed by atoms with Gasteiger partial charge in [-0.15, -0.1) is 0 Å². The number of hydrogen-bond acceptors (Lipinski definition) is 5. The fourth-order valence-electron chi connectivity index (χ4n) is 4.15. The van der Waals surface area contributed by atoms with E-state index in [1.54, 1.807) is 48.4 Å².